The zero-order valence-electron chi connectivity index (χ0n) is 10.8. The van der Waals surface area contributed by atoms with Gasteiger partial charge in [-0.05, 0) is 53.0 Å². The van der Waals surface area contributed by atoms with Gasteiger partial charge in [0.05, 0.1) is 8.68 Å². The third-order valence-electron chi connectivity index (χ3n) is 2.77. The Balaban J connectivity index is 1.99. The molecule has 1 aromatic heterocycles. The fraction of sp³-hybridized carbons (Fsp3) is 0.231. The predicted octanol–water partition coefficient (Wildman–Crippen LogP) is 3.05. The van der Waals surface area contributed by atoms with Crippen LogP contribution in [0.1, 0.15) is 10.4 Å². The minimum absolute atomic E-state index is 0.202. The van der Waals surface area contributed by atoms with Gasteiger partial charge in [0.15, 0.2) is 0 Å². The Morgan fingerprint density at radius 3 is 2.50 bits per heavy atom. The molecular formula is C13H14BrNO3S2. The molecule has 2 N–H and O–H groups in total. The van der Waals surface area contributed by atoms with Gasteiger partial charge in [-0.2, -0.15) is 0 Å². The van der Waals surface area contributed by atoms with Gasteiger partial charge in [0.2, 0.25) is 10.0 Å². The maximum atomic E-state index is 12.1. The van der Waals surface area contributed by atoms with Gasteiger partial charge in [0.25, 0.3) is 0 Å². The van der Waals surface area contributed by atoms with Crippen LogP contribution in [-0.2, 0) is 16.4 Å². The molecule has 0 saturated carbocycles. The second kappa shape index (κ2) is 6.26. The van der Waals surface area contributed by atoms with Crippen molar-refractivity contribution < 1.29 is 13.5 Å². The molecule has 0 amide bonds. The van der Waals surface area contributed by atoms with Gasteiger partial charge >= 0.3 is 0 Å². The van der Waals surface area contributed by atoms with E-state index in [4.69, 9.17) is 0 Å². The lowest BCUT2D eigenvalue weighted by molar-refractivity contribution is 0.475. The number of thiophene rings is 1. The Labute approximate surface area is 130 Å². The van der Waals surface area contributed by atoms with Crippen molar-refractivity contribution >= 4 is 37.3 Å². The minimum atomic E-state index is -3.47. The number of hydrogen-bond donors (Lipinski definition) is 2. The lowest BCUT2D eigenvalue weighted by atomic mass is 10.1. The first kappa shape index (κ1) is 15.5. The van der Waals surface area contributed by atoms with E-state index in [1.54, 1.807) is 37.3 Å². The Bertz CT molecular complexity index is 693. The summed E-state index contributed by atoms with van der Waals surface area (Å²) < 4.78 is 27.7. The van der Waals surface area contributed by atoms with Gasteiger partial charge in [0, 0.05) is 11.4 Å². The topological polar surface area (TPSA) is 66.4 Å². The minimum Gasteiger partial charge on any atom is -0.508 e. The molecule has 0 radical (unpaired) electrons. The highest BCUT2D eigenvalue weighted by Crippen LogP contribution is 2.29. The number of halogens is 1. The summed E-state index contributed by atoms with van der Waals surface area (Å²) in [5.74, 6) is 0.202. The molecule has 0 aliphatic rings. The Kier molecular flexibility index (Phi) is 4.85. The van der Waals surface area contributed by atoms with E-state index < -0.39 is 10.0 Å². The van der Waals surface area contributed by atoms with Gasteiger partial charge in [-0.15, -0.1) is 11.3 Å². The number of phenols is 1. The van der Waals surface area contributed by atoms with E-state index in [0.717, 1.165) is 14.2 Å². The quantitative estimate of drug-likeness (QED) is 0.843. The van der Waals surface area contributed by atoms with Gasteiger partial charge in [-0.1, -0.05) is 12.1 Å². The van der Waals surface area contributed by atoms with E-state index in [1.807, 2.05) is 0 Å². The summed E-state index contributed by atoms with van der Waals surface area (Å²) in [6.45, 7) is 2.10. The van der Waals surface area contributed by atoms with E-state index in [2.05, 4.69) is 20.7 Å². The van der Waals surface area contributed by atoms with Crippen molar-refractivity contribution in [3.63, 3.8) is 0 Å². The molecule has 2 rings (SSSR count). The summed E-state index contributed by atoms with van der Waals surface area (Å²) in [5, 5.41) is 9.18. The number of sulfonamides is 1. The molecule has 4 nitrogen and oxygen atoms in total. The van der Waals surface area contributed by atoms with Crippen LogP contribution in [0, 0.1) is 6.92 Å². The Hall–Kier alpha value is -0.890. The normalized spacial score (nSPS) is 11.7. The third-order valence-corrected chi connectivity index (χ3v) is 6.04. The zero-order valence-corrected chi connectivity index (χ0v) is 14.0. The van der Waals surface area contributed by atoms with Crippen molar-refractivity contribution in [2.24, 2.45) is 0 Å². The Morgan fingerprint density at radius 1 is 1.30 bits per heavy atom. The molecule has 2 aromatic rings. The average Bonchev–Trinajstić information content (AvgIpc) is 2.72. The lowest BCUT2D eigenvalue weighted by Crippen LogP contribution is -2.26. The van der Waals surface area contributed by atoms with Crippen molar-refractivity contribution in [2.45, 2.75) is 18.2 Å². The van der Waals surface area contributed by atoms with Crippen LogP contribution >= 0.6 is 27.3 Å². The molecule has 20 heavy (non-hydrogen) atoms. The van der Waals surface area contributed by atoms with E-state index in [9.17, 15) is 13.5 Å². The third kappa shape index (κ3) is 3.82. The number of nitrogens with one attached hydrogen (secondary N) is 1. The van der Waals surface area contributed by atoms with E-state index in [0.29, 0.717) is 17.9 Å². The van der Waals surface area contributed by atoms with Gasteiger partial charge in [-0.25, -0.2) is 13.1 Å². The van der Waals surface area contributed by atoms with Gasteiger partial charge in [-0.3, -0.25) is 0 Å². The van der Waals surface area contributed by atoms with Crippen molar-refractivity contribution in [1.29, 1.82) is 0 Å². The second-order valence-electron chi connectivity index (χ2n) is 4.29. The molecule has 0 spiro atoms. The highest BCUT2D eigenvalue weighted by Gasteiger charge is 2.18. The molecule has 108 valence electrons. The molecule has 0 unspecified atom stereocenters. The molecule has 0 atom stereocenters. The molecule has 0 aliphatic heterocycles. The maximum absolute atomic E-state index is 12.1. The summed E-state index contributed by atoms with van der Waals surface area (Å²) in [6, 6.07) is 8.34. The average molecular weight is 376 g/mol. The van der Waals surface area contributed by atoms with Crippen LogP contribution in [0.15, 0.2) is 39.0 Å². The molecular weight excluding hydrogens is 362 g/mol. The van der Waals surface area contributed by atoms with Crippen LogP contribution in [0.3, 0.4) is 0 Å². The zero-order chi connectivity index (χ0) is 14.8. The molecule has 0 bridgehead atoms. The van der Waals surface area contributed by atoms with Crippen LogP contribution < -0.4 is 4.72 Å². The largest absolute Gasteiger partial charge is 0.508 e. The maximum Gasteiger partial charge on any atom is 0.241 e. The van der Waals surface area contributed by atoms with E-state index in [1.165, 1.54) is 11.3 Å². The van der Waals surface area contributed by atoms with Crippen molar-refractivity contribution in [2.75, 3.05) is 6.54 Å². The number of rotatable bonds is 5. The first-order valence-electron chi connectivity index (χ1n) is 5.92. The van der Waals surface area contributed by atoms with Crippen LogP contribution in [0.5, 0.6) is 5.75 Å². The van der Waals surface area contributed by atoms with Crippen molar-refractivity contribution in [1.82, 2.24) is 4.72 Å². The smallest absolute Gasteiger partial charge is 0.241 e. The van der Waals surface area contributed by atoms with Gasteiger partial charge in [0.1, 0.15) is 5.75 Å². The summed E-state index contributed by atoms with van der Waals surface area (Å²) in [5.41, 5.74) is 0.966. The number of aryl methyl sites for hydroxylation is 1. The Morgan fingerprint density at radius 2 is 1.95 bits per heavy atom. The molecule has 0 saturated heterocycles. The standard InChI is InChI=1S/C13H14BrNO3S2/c1-9-12(8-13(14)19-9)20(17,18)15-7-6-10-2-4-11(16)5-3-10/h2-5,8,15-16H,6-7H2,1H3. The van der Waals surface area contributed by atoms with Crippen LogP contribution in [0.25, 0.3) is 0 Å². The van der Waals surface area contributed by atoms with Crippen LogP contribution in [0.2, 0.25) is 0 Å². The molecule has 1 heterocycles. The highest BCUT2D eigenvalue weighted by atomic mass is 79.9. The summed E-state index contributed by atoms with van der Waals surface area (Å²) in [6.07, 6.45) is 0.573. The molecule has 0 aliphatic carbocycles. The summed E-state index contributed by atoms with van der Waals surface area (Å²) >= 11 is 4.69. The SMILES string of the molecule is Cc1sc(Br)cc1S(=O)(=O)NCCc1ccc(O)cc1. The van der Waals surface area contributed by atoms with E-state index in [-0.39, 0.29) is 5.75 Å². The second-order valence-corrected chi connectivity index (χ2v) is 8.66. The highest BCUT2D eigenvalue weighted by molar-refractivity contribution is 9.11. The lowest BCUT2D eigenvalue weighted by Gasteiger charge is -2.06. The first-order valence-corrected chi connectivity index (χ1v) is 9.01. The number of hydrogen-bond acceptors (Lipinski definition) is 4. The fourth-order valence-electron chi connectivity index (χ4n) is 1.77. The first-order chi connectivity index (χ1) is 9.38. The number of benzene rings is 1. The van der Waals surface area contributed by atoms with Crippen molar-refractivity contribution in [3.8, 4) is 5.75 Å². The van der Waals surface area contributed by atoms with Crippen LogP contribution in [-0.4, -0.2) is 20.1 Å². The van der Waals surface area contributed by atoms with Crippen molar-refractivity contribution in [3.05, 3.63) is 44.6 Å². The molecule has 1 aromatic carbocycles. The van der Waals surface area contributed by atoms with E-state index >= 15 is 0 Å². The van der Waals surface area contributed by atoms with Crippen LogP contribution in [0.4, 0.5) is 0 Å². The summed E-state index contributed by atoms with van der Waals surface area (Å²) in [7, 11) is -3.47. The molecule has 7 heteroatoms. The number of aromatic hydroxyl groups is 1. The fourth-order valence-corrected chi connectivity index (χ4v) is 5.21. The van der Waals surface area contributed by atoms with Gasteiger partial charge < -0.3 is 5.11 Å². The predicted molar refractivity (Wildman–Crippen MR) is 83.8 cm³/mol. The monoisotopic (exact) mass is 375 g/mol. The number of phenolic OH excluding ortho intramolecular Hbond substituents is 1. The summed E-state index contributed by atoms with van der Waals surface area (Å²) in [4.78, 5) is 1.08. The molecule has 0 fully saturated rings.